The van der Waals surface area contributed by atoms with Crippen molar-refractivity contribution in [2.75, 3.05) is 16.8 Å². The van der Waals surface area contributed by atoms with Gasteiger partial charge in [0.15, 0.2) is 5.13 Å². The maximum absolute atomic E-state index is 11.7. The molecule has 82 valence electrons. The summed E-state index contributed by atoms with van der Waals surface area (Å²) in [5.74, 6) is -0.293. The van der Waals surface area contributed by atoms with Gasteiger partial charge < -0.3 is 16.8 Å². The number of benzene rings is 1. The zero-order valence-corrected chi connectivity index (χ0v) is 9.12. The SMILES string of the molecule is Nc1cccc(NC(=O)c2csc(N)n2)c1. The lowest BCUT2D eigenvalue weighted by atomic mass is 10.3. The first-order valence-electron chi connectivity index (χ1n) is 4.53. The molecule has 5 N–H and O–H groups in total. The van der Waals surface area contributed by atoms with Crippen molar-refractivity contribution < 1.29 is 4.79 Å². The Kier molecular flexibility index (Phi) is 2.74. The van der Waals surface area contributed by atoms with Crippen LogP contribution in [0.4, 0.5) is 16.5 Å². The molecule has 0 aliphatic heterocycles. The molecule has 16 heavy (non-hydrogen) atoms. The summed E-state index contributed by atoms with van der Waals surface area (Å²) in [7, 11) is 0. The highest BCUT2D eigenvalue weighted by Gasteiger charge is 2.09. The van der Waals surface area contributed by atoms with Crippen LogP contribution in [0.3, 0.4) is 0 Å². The topological polar surface area (TPSA) is 94.0 Å². The summed E-state index contributed by atoms with van der Waals surface area (Å²) in [4.78, 5) is 15.6. The van der Waals surface area contributed by atoms with Crippen LogP contribution in [0.1, 0.15) is 10.5 Å². The molecule has 0 unspecified atom stereocenters. The number of carbonyl (C=O) groups excluding carboxylic acids is 1. The molecule has 0 atom stereocenters. The van der Waals surface area contributed by atoms with Gasteiger partial charge in [-0.15, -0.1) is 11.3 Å². The van der Waals surface area contributed by atoms with E-state index in [9.17, 15) is 4.79 Å². The van der Waals surface area contributed by atoms with Crippen LogP contribution in [-0.2, 0) is 0 Å². The van der Waals surface area contributed by atoms with Gasteiger partial charge in [-0.3, -0.25) is 4.79 Å². The molecule has 0 fully saturated rings. The van der Waals surface area contributed by atoms with E-state index in [2.05, 4.69) is 10.3 Å². The maximum Gasteiger partial charge on any atom is 0.275 e. The predicted octanol–water partition coefficient (Wildman–Crippen LogP) is 1.56. The van der Waals surface area contributed by atoms with Crippen molar-refractivity contribution in [1.29, 1.82) is 0 Å². The van der Waals surface area contributed by atoms with Crippen molar-refractivity contribution in [1.82, 2.24) is 4.98 Å². The van der Waals surface area contributed by atoms with Crippen LogP contribution >= 0.6 is 11.3 Å². The Bertz CT molecular complexity index is 523. The number of hydrogen-bond acceptors (Lipinski definition) is 5. The minimum Gasteiger partial charge on any atom is -0.399 e. The van der Waals surface area contributed by atoms with Crippen molar-refractivity contribution in [2.24, 2.45) is 0 Å². The number of thiazole rings is 1. The third-order valence-corrected chi connectivity index (χ3v) is 2.57. The summed E-state index contributed by atoms with van der Waals surface area (Å²) < 4.78 is 0. The number of anilines is 3. The molecule has 1 heterocycles. The first-order valence-corrected chi connectivity index (χ1v) is 5.41. The van der Waals surface area contributed by atoms with Gasteiger partial charge in [0.1, 0.15) is 5.69 Å². The van der Waals surface area contributed by atoms with Gasteiger partial charge >= 0.3 is 0 Å². The Morgan fingerprint density at radius 1 is 1.38 bits per heavy atom. The van der Waals surface area contributed by atoms with E-state index in [4.69, 9.17) is 11.5 Å². The van der Waals surface area contributed by atoms with E-state index in [1.165, 1.54) is 11.3 Å². The molecule has 0 radical (unpaired) electrons. The maximum atomic E-state index is 11.7. The Balaban J connectivity index is 2.13. The molecule has 0 spiro atoms. The number of nitrogens with two attached hydrogens (primary N) is 2. The highest BCUT2D eigenvalue weighted by molar-refractivity contribution is 7.13. The van der Waals surface area contributed by atoms with Gasteiger partial charge in [-0.05, 0) is 18.2 Å². The second-order valence-corrected chi connectivity index (χ2v) is 4.04. The third kappa shape index (κ3) is 2.29. The molecule has 1 amide bonds. The second kappa shape index (κ2) is 4.19. The largest absolute Gasteiger partial charge is 0.399 e. The molecule has 2 rings (SSSR count). The van der Waals surface area contributed by atoms with E-state index in [0.29, 0.717) is 22.2 Å². The lowest BCUT2D eigenvalue weighted by molar-refractivity contribution is 0.102. The predicted molar refractivity (Wildman–Crippen MR) is 65.3 cm³/mol. The number of amides is 1. The molecule has 6 heteroatoms. The quantitative estimate of drug-likeness (QED) is 0.687. The van der Waals surface area contributed by atoms with Crippen LogP contribution in [0.15, 0.2) is 29.6 Å². The molecule has 5 nitrogen and oxygen atoms in total. The van der Waals surface area contributed by atoms with E-state index < -0.39 is 0 Å². The van der Waals surface area contributed by atoms with Crippen molar-refractivity contribution in [2.45, 2.75) is 0 Å². The summed E-state index contributed by atoms with van der Waals surface area (Å²) in [5, 5.41) is 4.66. The number of hydrogen-bond donors (Lipinski definition) is 3. The fourth-order valence-corrected chi connectivity index (χ4v) is 1.75. The first-order chi connectivity index (χ1) is 7.65. The fourth-order valence-electron chi connectivity index (χ4n) is 1.20. The van der Waals surface area contributed by atoms with Crippen LogP contribution in [0, 0.1) is 0 Å². The number of nitrogens with zero attached hydrogens (tertiary/aromatic N) is 1. The minimum absolute atomic E-state index is 0.293. The summed E-state index contributed by atoms with van der Waals surface area (Å²) in [6.07, 6.45) is 0. The molecule has 0 saturated heterocycles. The first kappa shape index (κ1) is 10.4. The average Bonchev–Trinajstić information content (AvgIpc) is 2.65. The smallest absolute Gasteiger partial charge is 0.275 e. The molecular formula is C10H10N4OS. The Hall–Kier alpha value is -2.08. The lowest BCUT2D eigenvalue weighted by Crippen LogP contribution is -2.12. The number of nitrogen functional groups attached to an aromatic ring is 2. The van der Waals surface area contributed by atoms with Crippen molar-refractivity contribution in [3.8, 4) is 0 Å². The third-order valence-electron chi connectivity index (χ3n) is 1.90. The van der Waals surface area contributed by atoms with Gasteiger partial charge in [0, 0.05) is 16.8 Å². The van der Waals surface area contributed by atoms with Crippen molar-refractivity contribution in [3.05, 3.63) is 35.3 Å². The fraction of sp³-hybridized carbons (Fsp3) is 0. The summed E-state index contributed by atoms with van der Waals surface area (Å²) in [5.41, 5.74) is 12.6. The van der Waals surface area contributed by atoms with Gasteiger partial charge in [0.2, 0.25) is 0 Å². The van der Waals surface area contributed by atoms with E-state index in [1.54, 1.807) is 29.6 Å². The summed E-state index contributed by atoms with van der Waals surface area (Å²) in [6, 6.07) is 6.94. The molecule has 0 aliphatic rings. The van der Waals surface area contributed by atoms with Crippen molar-refractivity contribution >= 4 is 33.8 Å². The highest BCUT2D eigenvalue weighted by atomic mass is 32.1. The van der Waals surface area contributed by atoms with E-state index in [-0.39, 0.29) is 5.91 Å². The van der Waals surface area contributed by atoms with Crippen LogP contribution in [0.5, 0.6) is 0 Å². The number of rotatable bonds is 2. The molecule has 2 aromatic rings. The minimum atomic E-state index is -0.293. The Labute approximate surface area is 96.1 Å². The van der Waals surface area contributed by atoms with Crippen LogP contribution in [0.2, 0.25) is 0 Å². The highest BCUT2D eigenvalue weighted by Crippen LogP contribution is 2.15. The molecule has 0 bridgehead atoms. The van der Waals surface area contributed by atoms with Gasteiger partial charge in [-0.1, -0.05) is 6.07 Å². The summed E-state index contributed by atoms with van der Waals surface area (Å²) in [6.45, 7) is 0. The Morgan fingerprint density at radius 2 is 2.19 bits per heavy atom. The molecular weight excluding hydrogens is 224 g/mol. The van der Waals surface area contributed by atoms with Gasteiger partial charge in [-0.2, -0.15) is 0 Å². The average molecular weight is 234 g/mol. The van der Waals surface area contributed by atoms with E-state index in [1.807, 2.05) is 0 Å². The van der Waals surface area contributed by atoms with Crippen LogP contribution in [0.25, 0.3) is 0 Å². The molecule has 1 aromatic heterocycles. The van der Waals surface area contributed by atoms with Gasteiger partial charge in [-0.25, -0.2) is 4.98 Å². The zero-order chi connectivity index (χ0) is 11.5. The Morgan fingerprint density at radius 3 is 2.81 bits per heavy atom. The molecule has 0 saturated carbocycles. The second-order valence-electron chi connectivity index (χ2n) is 3.15. The van der Waals surface area contributed by atoms with Crippen molar-refractivity contribution in [3.63, 3.8) is 0 Å². The van der Waals surface area contributed by atoms with Crippen LogP contribution < -0.4 is 16.8 Å². The normalized spacial score (nSPS) is 10.0. The monoisotopic (exact) mass is 234 g/mol. The lowest BCUT2D eigenvalue weighted by Gasteiger charge is -2.03. The van der Waals surface area contributed by atoms with Gasteiger partial charge in [0.05, 0.1) is 0 Å². The number of aromatic nitrogens is 1. The zero-order valence-electron chi connectivity index (χ0n) is 8.31. The summed E-state index contributed by atoms with van der Waals surface area (Å²) >= 11 is 1.23. The number of carbonyl (C=O) groups is 1. The van der Waals surface area contributed by atoms with Crippen LogP contribution in [-0.4, -0.2) is 10.9 Å². The standard InChI is InChI=1S/C10H10N4OS/c11-6-2-1-3-7(4-6)13-9(15)8-5-16-10(12)14-8/h1-5H,11H2,(H2,12,14)(H,13,15). The number of nitrogens with one attached hydrogen (secondary N) is 1. The van der Waals surface area contributed by atoms with Gasteiger partial charge in [0.25, 0.3) is 5.91 Å². The van der Waals surface area contributed by atoms with E-state index >= 15 is 0 Å². The molecule has 0 aliphatic carbocycles. The van der Waals surface area contributed by atoms with E-state index in [0.717, 1.165) is 0 Å². The molecule has 1 aromatic carbocycles.